The quantitative estimate of drug-likeness (QED) is 0.175. The van der Waals surface area contributed by atoms with Crippen LogP contribution in [-0.2, 0) is 19.5 Å². The summed E-state index contributed by atoms with van der Waals surface area (Å²) >= 11 is 0. The lowest BCUT2D eigenvalue weighted by molar-refractivity contribution is -0.144. The van der Waals surface area contributed by atoms with Gasteiger partial charge in [0.05, 0.1) is 6.61 Å². The maximum atomic E-state index is 13.5. The van der Waals surface area contributed by atoms with Crippen LogP contribution in [0.15, 0.2) is 42.5 Å². The second kappa shape index (κ2) is 11.8. The van der Waals surface area contributed by atoms with E-state index in [0.717, 1.165) is 24.0 Å². The minimum atomic E-state index is -0.934. The molecule has 0 aliphatic rings. The number of ketones is 1. The Labute approximate surface area is 182 Å². The molecule has 0 saturated heterocycles. The van der Waals surface area contributed by atoms with Crippen LogP contribution in [0.1, 0.15) is 79.1 Å². The van der Waals surface area contributed by atoms with Crippen LogP contribution in [0.3, 0.4) is 0 Å². The number of aryl methyl sites for hydroxylation is 2. The molecular formula is C25H34O4P+. The molecule has 4 nitrogen and oxygen atoms in total. The van der Waals surface area contributed by atoms with E-state index in [-0.39, 0.29) is 11.2 Å². The van der Waals surface area contributed by atoms with Gasteiger partial charge in [0.25, 0.3) is 0 Å². The standard InChI is InChI=1S/C25H32O3.H2OP/c1-7-8-14-28-24(27)22(19-12-10-9-11-13-19)23(26)21-17(2)15-20(16-18(21)3)25(4,5)6;1-2/h9-13,15-16,22H,7-8,14H2,1-6H3;2H2/q;+1. The smallest absolute Gasteiger partial charge is 0.321 e. The molecule has 2 aromatic carbocycles. The Morgan fingerprint density at radius 2 is 1.53 bits per heavy atom. The monoisotopic (exact) mass is 429 g/mol. The number of rotatable bonds is 7. The van der Waals surface area contributed by atoms with E-state index >= 15 is 0 Å². The van der Waals surface area contributed by atoms with Gasteiger partial charge in [0, 0.05) is 5.56 Å². The third-order valence-corrected chi connectivity index (χ3v) is 5.02. The predicted octanol–water partition coefficient (Wildman–Crippen LogP) is 6.12. The second-order valence-electron chi connectivity index (χ2n) is 8.46. The van der Waals surface area contributed by atoms with Crippen LogP contribution in [-0.4, -0.2) is 18.4 Å². The Morgan fingerprint density at radius 1 is 1.00 bits per heavy atom. The summed E-state index contributed by atoms with van der Waals surface area (Å²) in [7, 11) is 1.17. The van der Waals surface area contributed by atoms with Crippen LogP contribution in [0.4, 0.5) is 0 Å². The van der Waals surface area contributed by atoms with E-state index in [0.29, 0.717) is 17.7 Å². The number of hydrogen-bond donors (Lipinski definition) is 0. The first-order chi connectivity index (χ1) is 14.2. The lowest BCUT2D eigenvalue weighted by Gasteiger charge is -2.23. The largest absolute Gasteiger partial charge is 0.465 e. The van der Waals surface area contributed by atoms with Crippen molar-refractivity contribution in [3.8, 4) is 0 Å². The van der Waals surface area contributed by atoms with Crippen LogP contribution in [0.2, 0.25) is 0 Å². The Balaban J connectivity index is 0.00000218. The van der Waals surface area contributed by atoms with Gasteiger partial charge < -0.3 is 4.74 Å². The summed E-state index contributed by atoms with van der Waals surface area (Å²) in [5, 5.41) is 0. The van der Waals surface area contributed by atoms with Gasteiger partial charge in [-0.3, -0.25) is 9.59 Å². The van der Waals surface area contributed by atoms with E-state index in [1.54, 1.807) is 0 Å². The summed E-state index contributed by atoms with van der Waals surface area (Å²) in [5.74, 6) is -1.59. The highest BCUT2D eigenvalue weighted by molar-refractivity contribution is 7.00. The zero-order valence-electron chi connectivity index (χ0n) is 19.0. The van der Waals surface area contributed by atoms with Crippen molar-refractivity contribution in [3.63, 3.8) is 0 Å². The zero-order chi connectivity index (χ0) is 22.9. The fraction of sp³-hybridized carbons (Fsp3) is 0.440. The van der Waals surface area contributed by atoms with Crippen molar-refractivity contribution in [2.75, 3.05) is 6.61 Å². The Hall–Kier alpha value is -2.32. The number of esters is 1. The Morgan fingerprint density at radius 3 is 2.00 bits per heavy atom. The molecule has 2 unspecified atom stereocenters. The second-order valence-corrected chi connectivity index (χ2v) is 8.46. The first-order valence-electron chi connectivity index (χ1n) is 10.3. The van der Waals surface area contributed by atoms with Crippen molar-refractivity contribution in [2.24, 2.45) is 0 Å². The maximum Gasteiger partial charge on any atom is 0.321 e. The molecule has 5 heteroatoms. The van der Waals surface area contributed by atoms with Gasteiger partial charge in [-0.15, -0.1) is 0 Å². The number of carbonyl (C=O) groups excluding carboxylic acids is 2. The lowest BCUT2D eigenvalue weighted by Crippen LogP contribution is -2.26. The van der Waals surface area contributed by atoms with Crippen LogP contribution in [0, 0.1) is 13.8 Å². The van der Waals surface area contributed by atoms with E-state index in [2.05, 4.69) is 32.9 Å². The highest BCUT2D eigenvalue weighted by Gasteiger charge is 2.33. The summed E-state index contributed by atoms with van der Waals surface area (Å²) in [4.78, 5) is 26.4. The first-order valence-corrected chi connectivity index (χ1v) is 10.7. The van der Waals surface area contributed by atoms with E-state index in [9.17, 15) is 9.59 Å². The number of carbonyl (C=O) groups is 2. The van der Waals surface area contributed by atoms with E-state index in [1.165, 1.54) is 14.7 Å². The number of ether oxygens (including phenoxy) is 1. The fourth-order valence-corrected chi connectivity index (χ4v) is 3.37. The van der Waals surface area contributed by atoms with Crippen molar-refractivity contribution in [3.05, 3.63) is 70.3 Å². The molecular weight excluding hydrogens is 395 g/mol. The van der Waals surface area contributed by atoms with Gasteiger partial charge in [0.2, 0.25) is 0 Å². The van der Waals surface area contributed by atoms with Crippen molar-refractivity contribution < 1.29 is 18.9 Å². The molecule has 2 atom stereocenters. The predicted molar refractivity (Wildman–Crippen MR) is 124 cm³/mol. The SMILES string of the molecule is CCCCOC(=O)C(C(=O)c1c(C)cc(C(C)(C)C)cc1C)c1ccccc1.O=[PH2+]. The summed E-state index contributed by atoms with van der Waals surface area (Å²) in [6, 6.07) is 13.3. The minimum absolute atomic E-state index is 0.00495. The summed E-state index contributed by atoms with van der Waals surface area (Å²) in [6.07, 6.45) is 1.73. The Bertz CT molecular complexity index is 830. The van der Waals surface area contributed by atoms with Gasteiger partial charge in [-0.1, -0.05) is 81.1 Å². The summed E-state index contributed by atoms with van der Waals surface area (Å²) in [5.41, 5.74) is 4.27. The van der Waals surface area contributed by atoms with Crippen LogP contribution >= 0.6 is 9.12 Å². The van der Waals surface area contributed by atoms with Gasteiger partial charge in [-0.05, 0) is 47.9 Å². The molecule has 0 amide bonds. The molecule has 0 fully saturated rings. The molecule has 2 rings (SSSR count). The normalized spacial score (nSPS) is 11.8. The van der Waals surface area contributed by atoms with Gasteiger partial charge in [0.15, 0.2) is 5.78 Å². The number of unbranched alkanes of at least 4 members (excludes halogenated alkanes) is 1. The van der Waals surface area contributed by atoms with Gasteiger partial charge in [-0.25, -0.2) is 0 Å². The minimum Gasteiger partial charge on any atom is -0.465 e. The van der Waals surface area contributed by atoms with Crippen molar-refractivity contribution in [1.82, 2.24) is 0 Å². The number of Topliss-reactive ketones (excluding diaryl/α,β-unsaturated/α-hetero) is 1. The van der Waals surface area contributed by atoms with Crippen molar-refractivity contribution in [2.45, 2.75) is 65.7 Å². The van der Waals surface area contributed by atoms with Gasteiger partial charge in [-0.2, -0.15) is 0 Å². The molecule has 0 saturated carbocycles. The first kappa shape index (κ1) is 25.7. The fourth-order valence-electron chi connectivity index (χ4n) is 3.37. The highest BCUT2D eigenvalue weighted by Crippen LogP contribution is 2.31. The molecule has 0 spiro atoms. The molecule has 30 heavy (non-hydrogen) atoms. The van der Waals surface area contributed by atoms with Crippen LogP contribution in [0.5, 0.6) is 0 Å². The van der Waals surface area contributed by atoms with E-state index < -0.39 is 11.9 Å². The van der Waals surface area contributed by atoms with Crippen molar-refractivity contribution >= 4 is 20.9 Å². The van der Waals surface area contributed by atoms with Crippen LogP contribution in [0.25, 0.3) is 0 Å². The molecule has 0 aliphatic heterocycles. The molecule has 0 N–H and O–H groups in total. The topological polar surface area (TPSA) is 60.4 Å². The van der Waals surface area contributed by atoms with Crippen LogP contribution < -0.4 is 0 Å². The molecule has 0 heterocycles. The molecule has 0 aliphatic carbocycles. The van der Waals surface area contributed by atoms with Gasteiger partial charge >= 0.3 is 15.1 Å². The molecule has 0 bridgehead atoms. The molecule has 0 aromatic heterocycles. The average molecular weight is 430 g/mol. The molecule has 2 aromatic rings. The van der Waals surface area contributed by atoms with Gasteiger partial charge in [0.1, 0.15) is 5.92 Å². The lowest BCUT2D eigenvalue weighted by atomic mass is 9.81. The average Bonchev–Trinajstić information content (AvgIpc) is 2.69. The highest BCUT2D eigenvalue weighted by atomic mass is 31.0. The third kappa shape index (κ3) is 6.60. The number of benzene rings is 2. The third-order valence-electron chi connectivity index (χ3n) is 5.02. The summed E-state index contributed by atoms with van der Waals surface area (Å²) in [6.45, 7) is 12.7. The summed E-state index contributed by atoms with van der Waals surface area (Å²) < 4.78 is 13.6. The van der Waals surface area contributed by atoms with E-state index in [1.807, 2.05) is 51.1 Å². The van der Waals surface area contributed by atoms with Crippen molar-refractivity contribution in [1.29, 1.82) is 0 Å². The molecule has 162 valence electrons. The Kier molecular flexibility index (Phi) is 10.1. The van der Waals surface area contributed by atoms with E-state index in [4.69, 9.17) is 9.30 Å². The zero-order valence-corrected chi connectivity index (χ0v) is 20.1. The molecule has 0 radical (unpaired) electrons. The maximum absolute atomic E-state index is 13.5. The number of hydrogen-bond acceptors (Lipinski definition) is 4.